The van der Waals surface area contributed by atoms with Crippen LogP contribution in [0.1, 0.15) is 25.3 Å². The summed E-state index contributed by atoms with van der Waals surface area (Å²) in [6.07, 6.45) is 3.30. The lowest BCUT2D eigenvalue weighted by molar-refractivity contribution is 0.0420. The first-order valence-electron chi connectivity index (χ1n) is 9.31. The minimum absolute atomic E-state index is 0. The molecule has 6 nitrogen and oxygen atoms in total. The second-order valence-electron chi connectivity index (χ2n) is 6.41. The van der Waals surface area contributed by atoms with Crippen molar-refractivity contribution in [2.24, 2.45) is 4.99 Å². The number of hydrogen-bond acceptors (Lipinski definition) is 4. The highest BCUT2D eigenvalue weighted by Crippen LogP contribution is 2.28. The van der Waals surface area contributed by atoms with Gasteiger partial charge in [-0.05, 0) is 31.4 Å². The van der Waals surface area contributed by atoms with Gasteiger partial charge in [0.15, 0.2) is 5.96 Å². The molecule has 0 amide bonds. The highest BCUT2D eigenvalue weighted by atomic mass is 127. The van der Waals surface area contributed by atoms with Crippen molar-refractivity contribution < 1.29 is 14.2 Å². The lowest BCUT2D eigenvalue weighted by Crippen LogP contribution is -2.39. The second kappa shape index (κ2) is 11.6. The van der Waals surface area contributed by atoms with Crippen molar-refractivity contribution >= 4 is 29.9 Å². The zero-order valence-corrected chi connectivity index (χ0v) is 17.7. The highest BCUT2D eigenvalue weighted by Gasteiger charge is 2.21. The SMILES string of the molecule is CCNC(=NCC1Cc2ccccc2O1)NCCCOC1CCOC1.I. The highest BCUT2D eigenvalue weighted by molar-refractivity contribution is 14.0. The summed E-state index contributed by atoms with van der Waals surface area (Å²) >= 11 is 0. The van der Waals surface area contributed by atoms with Crippen molar-refractivity contribution in [3.8, 4) is 5.75 Å². The van der Waals surface area contributed by atoms with Crippen LogP contribution in [0.2, 0.25) is 0 Å². The third kappa shape index (κ3) is 6.59. The fourth-order valence-electron chi connectivity index (χ4n) is 3.06. The third-order valence-corrected chi connectivity index (χ3v) is 4.37. The normalized spacial score (nSPS) is 21.7. The van der Waals surface area contributed by atoms with Crippen molar-refractivity contribution in [2.75, 3.05) is 39.5 Å². The molecule has 7 heteroatoms. The summed E-state index contributed by atoms with van der Waals surface area (Å²) in [5, 5.41) is 6.65. The van der Waals surface area contributed by atoms with Crippen LogP contribution in [0, 0.1) is 0 Å². The first-order chi connectivity index (χ1) is 12.3. The molecule has 2 N–H and O–H groups in total. The molecule has 2 atom stereocenters. The molecule has 0 aliphatic carbocycles. The summed E-state index contributed by atoms with van der Waals surface area (Å²) in [5.41, 5.74) is 1.27. The van der Waals surface area contributed by atoms with E-state index in [4.69, 9.17) is 14.2 Å². The molecule has 2 unspecified atom stereocenters. The molecule has 0 bridgehead atoms. The molecule has 146 valence electrons. The van der Waals surface area contributed by atoms with Crippen molar-refractivity contribution in [2.45, 2.75) is 38.4 Å². The van der Waals surface area contributed by atoms with Gasteiger partial charge in [-0.2, -0.15) is 0 Å². The Kier molecular flexibility index (Phi) is 9.49. The van der Waals surface area contributed by atoms with Crippen LogP contribution in [-0.4, -0.2) is 57.6 Å². The largest absolute Gasteiger partial charge is 0.488 e. The molecule has 0 spiro atoms. The van der Waals surface area contributed by atoms with E-state index in [1.807, 2.05) is 12.1 Å². The Hall–Kier alpha value is -1.06. The van der Waals surface area contributed by atoms with Gasteiger partial charge in [0.25, 0.3) is 0 Å². The van der Waals surface area contributed by atoms with Crippen molar-refractivity contribution in [1.29, 1.82) is 0 Å². The average molecular weight is 475 g/mol. The number of nitrogens with one attached hydrogen (secondary N) is 2. The van der Waals surface area contributed by atoms with Crippen LogP contribution < -0.4 is 15.4 Å². The maximum absolute atomic E-state index is 5.94. The standard InChI is InChI=1S/C19H29N3O3.HI/c1-2-20-19(21-9-5-10-24-16-8-11-23-14-16)22-13-17-12-15-6-3-4-7-18(15)25-17;/h3-4,6-7,16-17H,2,5,8-14H2,1H3,(H2,20,21,22);1H. The summed E-state index contributed by atoms with van der Waals surface area (Å²) in [6.45, 7) is 6.72. The number of fused-ring (bicyclic) bond motifs is 1. The summed E-state index contributed by atoms with van der Waals surface area (Å²) in [4.78, 5) is 4.66. The van der Waals surface area contributed by atoms with E-state index in [0.29, 0.717) is 6.54 Å². The smallest absolute Gasteiger partial charge is 0.191 e. The lowest BCUT2D eigenvalue weighted by atomic mass is 10.1. The van der Waals surface area contributed by atoms with Crippen molar-refractivity contribution in [1.82, 2.24) is 10.6 Å². The number of rotatable bonds is 8. The Morgan fingerprint density at radius 2 is 2.19 bits per heavy atom. The van der Waals surface area contributed by atoms with E-state index in [9.17, 15) is 0 Å². The maximum atomic E-state index is 5.94. The summed E-state index contributed by atoms with van der Waals surface area (Å²) < 4.78 is 17.0. The van der Waals surface area contributed by atoms with Gasteiger partial charge in [0.1, 0.15) is 11.9 Å². The summed E-state index contributed by atoms with van der Waals surface area (Å²) in [5.74, 6) is 1.83. The molecule has 2 heterocycles. The zero-order valence-electron chi connectivity index (χ0n) is 15.4. The van der Waals surface area contributed by atoms with Crippen LogP contribution in [0.5, 0.6) is 5.75 Å². The number of halogens is 1. The van der Waals surface area contributed by atoms with Crippen LogP contribution in [0.15, 0.2) is 29.3 Å². The second-order valence-corrected chi connectivity index (χ2v) is 6.41. The molecule has 1 aromatic carbocycles. The fraction of sp³-hybridized carbons (Fsp3) is 0.632. The molecule has 0 saturated carbocycles. The zero-order chi connectivity index (χ0) is 17.3. The number of hydrogen-bond donors (Lipinski definition) is 2. The predicted octanol–water partition coefficient (Wildman–Crippen LogP) is 2.36. The predicted molar refractivity (Wildman–Crippen MR) is 114 cm³/mol. The monoisotopic (exact) mass is 475 g/mol. The van der Waals surface area contributed by atoms with Gasteiger partial charge in [-0.1, -0.05) is 18.2 Å². The molecule has 1 saturated heterocycles. The minimum Gasteiger partial charge on any atom is -0.488 e. The minimum atomic E-state index is 0. The van der Waals surface area contributed by atoms with E-state index >= 15 is 0 Å². The molecular formula is C19H30IN3O3. The van der Waals surface area contributed by atoms with Gasteiger partial charge >= 0.3 is 0 Å². The van der Waals surface area contributed by atoms with E-state index in [1.54, 1.807) is 0 Å². The molecule has 0 radical (unpaired) electrons. The van der Waals surface area contributed by atoms with E-state index in [-0.39, 0.29) is 36.2 Å². The summed E-state index contributed by atoms with van der Waals surface area (Å²) in [7, 11) is 0. The molecule has 1 fully saturated rings. The molecule has 3 rings (SSSR count). The Morgan fingerprint density at radius 1 is 1.31 bits per heavy atom. The topological polar surface area (TPSA) is 64.1 Å². The van der Waals surface area contributed by atoms with Gasteiger partial charge in [0.05, 0.1) is 19.3 Å². The van der Waals surface area contributed by atoms with Gasteiger partial charge in [0.2, 0.25) is 0 Å². The van der Waals surface area contributed by atoms with E-state index < -0.39 is 0 Å². The quantitative estimate of drug-likeness (QED) is 0.262. The van der Waals surface area contributed by atoms with Crippen LogP contribution in [0.25, 0.3) is 0 Å². The first-order valence-corrected chi connectivity index (χ1v) is 9.31. The van der Waals surface area contributed by atoms with Crippen LogP contribution in [-0.2, 0) is 15.9 Å². The Balaban J connectivity index is 0.00000243. The van der Waals surface area contributed by atoms with Gasteiger partial charge in [-0.25, -0.2) is 4.99 Å². The molecule has 1 aromatic rings. The van der Waals surface area contributed by atoms with Crippen molar-refractivity contribution in [3.63, 3.8) is 0 Å². The van der Waals surface area contributed by atoms with Crippen LogP contribution in [0.4, 0.5) is 0 Å². The van der Waals surface area contributed by atoms with Crippen molar-refractivity contribution in [3.05, 3.63) is 29.8 Å². The molecule has 0 aromatic heterocycles. The number of nitrogens with zero attached hydrogens (tertiary/aromatic N) is 1. The maximum Gasteiger partial charge on any atom is 0.191 e. The van der Waals surface area contributed by atoms with Crippen LogP contribution >= 0.6 is 24.0 Å². The van der Waals surface area contributed by atoms with E-state index in [1.165, 1.54) is 5.56 Å². The van der Waals surface area contributed by atoms with Gasteiger partial charge in [0, 0.05) is 32.7 Å². The number of aliphatic imine (C=N–C) groups is 1. The van der Waals surface area contributed by atoms with E-state index in [2.05, 4.69) is 34.7 Å². The number of ether oxygens (including phenoxy) is 3. The van der Waals surface area contributed by atoms with Crippen LogP contribution in [0.3, 0.4) is 0 Å². The summed E-state index contributed by atoms with van der Waals surface area (Å²) in [6, 6.07) is 8.21. The first kappa shape index (κ1) is 21.2. The average Bonchev–Trinajstić information content (AvgIpc) is 3.28. The number of benzene rings is 1. The lowest BCUT2D eigenvalue weighted by Gasteiger charge is -2.14. The Labute approximate surface area is 173 Å². The Bertz CT molecular complexity index is 540. The number of guanidine groups is 1. The molecule has 2 aliphatic heterocycles. The van der Waals surface area contributed by atoms with Gasteiger partial charge < -0.3 is 24.8 Å². The molecule has 26 heavy (non-hydrogen) atoms. The molecule has 2 aliphatic rings. The molecular weight excluding hydrogens is 445 g/mol. The Morgan fingerprint density at radius 3 is 2.96 bits per heavy atom. The van der Waals surface area contributed by atoms with Gasteiger partial charge in [-0.3, -0.25) is 0 Å². The third-order valence-electron chi connectivity index (χ3n) is 4.37. The van der Waals surface area contributed by atoms with Gasteiger partial charge in [-0.15, -0.1) is 24.0 Å². The number of para-hydroxylation sites is 1. The fourth-order valence-corrected chi connectivity index (χ4v) is 3.06. The van der Waals surface area contributed by atoms with E-state index in [0.717, 1.165) is 63.9 Å².